The first-order valence-electron chi connectivity index (χ1n) is 5.45. The molecule has 2 atom stereocenters. The number of nitrogens with one attached hydrogen (secondary N) is 1. The van der Waals surface area contributed by atoms with Gasteiger partial charge in [0.25, 0.3) is 0 Å². The lowest BCUT2D eigenvalue weighted by atomic mass is 10.1. The monoisotopic (exact) mass is 221 g/mol. The molecule has 0 bridgehead atoms. The van der Waals surface area contributed by atoms with Crippen molar-refractivity contribution in [2.75, 3.05) is 7.11 Å². The Morgan fingerprint density at radius 2 is 2.06 bits per heavy atom. The van der Waals surface area contributed by atoms with Crippen molar-refractivity contribution in [3.8, 4) is 0 Å². The van der Waals surface area contributed by atoms with Gasteiger partial charge in [0, 0.05) is 6.04 Å². The standard InChI is InChI=1S/C13H19NO2/c1-9-6-5-7-12(8-9)10(2)14-11(3)13(15)16-4/h5-8,10-11,14H,1-4H3. The van der Waals surface area contributed by atoms with Gasteiger partial charge in [-0.15, -0.1) is 0 Å². The van der Waals surface area contributed by atoms with Crippen LogP contribution in [0.3, 0.4) is 0 Å². The molecule has 16 heavy (non-hydrogen) atoms. The number of benzene rings is 1. The molecule has 88 valence electrons. The van der Waals surface area contributed by atoms with Crippen molar-refractivity contribution in [2.45, 2.75) is 32.9 Å². The predicted octanol–water partition coefficient (Wildman–Crippen LogP) is 2.21. The van der Waals surface area contributed by atoms with E-state index >= 15 is 0 Å². The molecule has 0 amide bonds. The first-order chi connectivity index (χ1) is 7.54. The van der Waals surface area contributed by atoms with Crippen molar-refractivity contribution in [3.63, 3.8) is 0 Å². The van der Waals surface area contributed by atoms with Crippen LogP contribution in [-0.4, -0.2) is 19.1 Å². The molecule has 0 saturated heterocycles. The third kappa shape index (κ3) is 3.35. The van der Waals surface area contributed by atoms with Crippen LogP contribution >= 0.6 is 0 Å². The molecule has 0 aliphatic carbocycles. The Morgan fingerprint density at radius 3 is 2.62 bits per heavy atom. The van der Waals surface area contributed by atoms with E-state index < -0.39 is 0 Å². The summed E-state index contributed by atoms with van der Waals surface area (Å²) in [7, 11) is 1.40. The van der Waals surface area contributed by atoms with Crippen LogP contribution in [0.4, 0.5) is 0 Å². The molecule has 0 fully saturated rings. The molecule has 0 aliphatic rings. The molecule has 0 radical (unpaired) electrons. The van der Waals surface area contributed by atoms with Crippen molar-refractivity contribution >= 4 is 5.97 Å². The lowest BCUT2D eigenvalue weighted by Crippen LogP contribution is -2.36. The zero-order valence-corrected chi connectivity index (χ0v) is 10.3. The number of carbonyl (C=O) groups excluding carboxylic acids is 1. The van der Waals surface area contributed by atoms with Crippen molar-refractivity contribution in [1.29, 1.82) is 0 Å². The molecule has 1 aromatic rings. The minimum absolute atomic E-state index is 0.133. The average molecular weight is 221 g/mol. The molecule has 3 heteroatoms. The normalized spacial score (nSPS) is 14.2. The SMILES string of the molecule is COC(=O)C(C)NC(C)c1cccc(C)c1. The fraction of sp³-hybridized carbons (Fsp3) is 0.462. The van der Waals surface area contributed by atoms with Gasteiger partial charge in [0.05, 0.1) is 7.11 Å². The second-order valence-electron chi connectivity index (χ2n) is 4.05. The first kappa shape index (κ1) is 12.7. The number of hydrogen-bond acceptors (Lipinski definition) is 3. The van der Waals surface area contributed by atoms with Gasteiger partial charge in [-0.1, -0.05) is 29.8 Å². The predicted molar refractivity (Wildman–Crippen MR) is 64.2 cm³/mol. The number of ether oxygens (including phenoxy) is 1. The van der Waals surface area contributed by atoms with Crippen molar-refractivity contribution in [3.05, 3.63) is 35.4 Å². The fourth-order valence-electron chi connectivity index (χ4n) is 1.66. The van der Waals surface area contributed by atoms with Gasteiger partial charge in [-0.3, -0.25) is 10.1 Å². The van der Waals surface area contributed by atoms with Crippen molar-refractivity contribution in [1.82, 2.24) is 5.32 Å². The number of methoxy groups -OCH3 is 1. The zero-order chi connectivity index (χ0) is 12.1. The second-order valence-corrected chi connectivity index (χ2v) is 4.05. The molecule has 0 heterocycles. The van der Waals surface area contributed by atoms with Crippen LogP contribution in [0.5, 0.6) is 0 Å². The third-order valence-electron chi connectivity index (χ3n) is 2.60. The van der Waals surface area contributed by atoms with Gasteiger partial charge in [0.2, 0.25) is 0 Å². The minimum atomic E-state index is -0.291. The molecule has 1 aromatic carbocycles. The van der Waals surface area contributed by atoms with E-state index in [1.165, 1.54) is 18.2 Å². The van der Waals surface area contributed by atoms with E-state index in [9.17, 15) is 4.79 Å². The molecule has 3 nitrogen and oxygen atoms in total. The summed E-state index contributed by atoms with van der Waals surface area (Å²) in [4.78, 5) is 11.3. The smallest absolute Gasteiger partial charge is 0.322 e. The summed E-state index contributed by atoms with van der Waals surface area (Å²) in [5.41, 5.74) is 2.40. The fourth-order valence-corrected chi connectivity index (χ4v) is 1.66. The number of carbonyl (C=O) groups is 1. The molecule has 0 aliphatic heterocycles. The van der Waals surface area contributed by atoms with E-state index in [0.29, 0.717) is 0 Å². The molecular weight excluding hydrogens is 202 g/mol. The Balaban J connectivity index is 2.65. The van der Waals surface area contributed by atoms with E-state index in [1.807, 2.05) is 13.0 Å². The molecule has 2 unspecified atom stereocenters. The van der Waals surface area contributed by atoms with Crippen LogP contribution in [0.2, 0.25) is 0 Å². The summed E-state index contributed by atoms with van der Waals surface area (Å²) in [6.45, 7) is 5.90. The molecule has 1 rings (SSSR count). The van der Waals surface area contributed by atoms with Gasteiger partial charge in [0.1, 0.15) is 6.04 Å². The highest BCUT2D eigenvalue weighted by atomic mass is 16.5. The van der Waals surface area contributed by atoms with E-state index in [0.717, 1.165) is 0 Å². The molecular formula is C13H19NO2. The van der Waals surface area contributed by atoms with Crippen LogP contribution in [0.25, 0.3) is 0 Å². The van der Waals surface area contributed by atoms with Crippen LogP contribution in [-0.2, 0) is 9.53 Å². The number of hydrogen-bond donors (Lipinski definition) is 1. The highest BCUT2D eigenvalue weighted by Crippen LogP contribution is 2.14. The van der Waals surface area contributed by atoms with E-state index in [-0.39, 0.29) is 18.1 Å². The average Bonchev–Trinajstić information content (AvgIpc) is 2.27. The minimum Gasteiger partial charge on any atom is -0.468 e. The lowest BCUT2D eigenvalue weighted by Gasteiger charge is -2.18. The van der Waals surface area contributed by atoms with Crippen molar-refractivity contribution in [2.24, 2.45) is 0 Å². The van der Waals surface area contributed by atoms with E-state index in [2.05, 4.69) is 35.2 Å². The number of rotatable bonds is 4. The van der Waals surface area contributed by atoms with E-state index in [1.54, 1.807) is 6.92 Å². The number of esters is 1. The molecule has 0 saturated carbocycles. The third-order valence-corrected chi connectivity index (χ3v) is 2.60. The largest absolute Gasteiger partial charge is 0.468 e. The van der Waals surface area contributed by atoms with Crippen LogP contribution in [0.15, 0.2) is 24.3 Å². The zero-order valence-electron chi connectivity index (χ0n) is 10.3. The maximum atomic E-state index is 11.3. The van der Waals surface area contributed by atoms with Gasteiger partial charge < -0.3 is 4.74 Å². The lowest BCUT2D eigenvalue weighted by molar-refractivity contribution is -0.142. The van der Waals surface area contributed by atoms with Gasteiger partial charge in [-0.05, 0) is 26.3 Å². The quantitative estimate of drug-likeness (QED) is 0.792. The van der Waals surface area contributed by atoms with Gasteiger partial charge in [0.15, 0.2) is 0 Å². The summed E-state index contributed by atoms with van der Waals surface area (Å²) in [6.07, 6.45) is 0. The van der Waals surface area contributed by atoms with Gasteiger partial charge in [-0.2, -0.15) is 0 Å². The maximum Gasteiger partial charge on any atom is 0.322 e. The van der Waals surface area contributed by atoms with Crippen molar-refractivity contribution < 1.29 is 9.53 Å². The second kappa shape index (κ2) is 5.66. The van der Waals surface area contributed by atoms with Crippen LogP contribution in [0, 0.1) is 6.92 Å². The Labute approximate surface area is 96.8 Å². The maximum absolute atomic E-state index is 11.3. The number of aryl methyl sites for hydroxylation is 1. The Bertz CT molecular complexity index is 363. The Kier molecular flexibility index (Phi) is 4.50. The van der Waals surface area contributed by atoms with Crippen LogP contribution in [0.1, 0.15) is 31.0 Å². The van der Waals surface area contributed by atoms with E-state index in [4.69, 9.17) is 0 Å². The summed E-state index contributed by atoms with van der Waals surface area (Å²) >= 11 is 0. The molecule has 0 aromatic heterocycles. The van der Waals surface area contributed by atoms with Gasteiger partial charge >= 0.3 is 5.97 Å². The summed E-state index contributed by atoms with van der Waals surface area (Å²) < 4.78 is 4.67. The highest BCUT2D eigenvalue weighted by Gasteiger charge is 2.16. The summed E-state index contributed by atoms with van der Waals surface area (Å²) in [6, 6.07) is 8.08. The topological polar surface area (TPSA) is 38.3 Å². The Morgan fingerprint density at radius 1 is 1.38 bits per heavy atom. The Hall–Kier alpha value is -1.35. The first-order valence-corrected chi connectivity index (χ1v) is 5.45. The van der Waals surface area contributed by atoms with Crippen LogP contribution < -0.4 is 5.32 Å². The molecule has 0 spiro atoms. The summed E-state index contributed by atoms with van der Waals surface area (Å²) in [5.74, 6) is -0.237. The summed E-state index contributed by atoms with van der Waals surface area (Å²) in [5, 5.41) is 3.20. The molecule has 1 N–H and O–H groups in total. The van der Waals surface area contributed by atoms with Gasteiger partial charge in [-0.25, -0.2) is 0 Å². The highest BCUT2D eigenvalue weighted by molar-refractivity contribution is 5.75.